The van der Waals surface area contributed by atoms with Gasteiger partial charge in [0, 0.05) is 19.5 Å². The number of halogens is 3. The molecule has 0 aromatic rings. The lowest BCUT2D eigenvalue weighted by Crippen LogP contribution is -2.48. The van der Waals surface area contributed by atoms with Crippen molar-refractivity contribution in [3.05, 3.63) is 0 Å². The van der Waals surface area contributed by atoms with Crippen LogP contribution in [0.15, 0.2) is 0 Å². The van der Waals surface area contributed by atoms with Crippen molar-refractivity contribution in [2.45, 2.75) is 32.7 Å². The number of nitrogens with zero attached hydrogens (tertiary/aromatic N) is 1. The average Bonchev–Trinajstić information content (AvgIpc) is 2.40. The van der Waals surface area contributed by atoms with Gasteiger partial charge in [0.1, 0.15) is 6.04 Å². The van der Waals surface area contributed by atoms with E-state index in [9.17, 15) is 22.8 Å². The summed E-state index contributed by atoms with van der Waals surface area (Å²) in [5.74, 6) is -0.765. The Morgan fingerprint density at radius 2 is 2.05 bits per heavy atom. The molecule has 1 fully saturated rings. The van der Waals surface area contributed by atoms with Crippen molar-refractivity contribution < 1.29 is 27.5 Å². The van der Waals surface area contributed by atoms with E-state index in [1.165, 1.54) is 4.90 Å². The van der Waals surface area contributed by atoms with Crippen molar-refractivity contribution in [2.75, 3.05) is 19.7 Å². The third kappa shape index (κ3) is 5.06. The largest absolute Gasteiger partial charge is 0.522 e. The van der Waals surface area contributed by atoms with E-state index in [-0.39, 0.29) is 37.2 Å². The summed E-state index contributed by atoms with van der Waals surface area (Å²) in [5, 5.41) is 2.57. The van der Waals surface area contributed by atoms with E-state index in [2.05, 4.69) is 10.1 Å². The molecular formula is C11H17F3N2O3. The zero-order valence-electron chi connectivity index (χ0n) is 10.8. The monoisotopic (exact) mass is 282 g/mol. The van der Waals surface area contributed by atoms with Gasteiger partial charge in [-0.2, -0.15) is 0 Å². The first-order valence-corrected chi connectivity index (χ1v) is 5.99. The highest BCUT2D eigenvalue weighted by atomic mass is 19.4. The molecule has 1 unspecified atom stereocenters. The molecule has 110 valence electrons. The summed E-state index contributed by atoms with van der Waals surface area (Å²) in [6.07, 6.45) is -4.62. The molecule has 0 bridgehead atoms. The van der Waals surface area contributed by atoms with Crippen LogP contribution >= 0.6 is 0 Å². The number of hydrogen-bond acceptors (Lipinski definition) is 3. The first-order chi connectivity index (χ1) is 8.70. The Morgan fingerprint density at radius 1 is 1.42 bits per heavy atom. The molecule has 0 aromatic heterocycles. The molecular weight excluding hydrogens is 265 g/mol. The van der Waals surface area contributed by atoms with Gasteiger partial charge < -0.3 is 10.2 Å². The van der Waals surface area contributed by atoms with Crippen molar-refractivity contribution in [3.63, 3.8) is 0 Å². The summed E-state index contributed by atoms with van der Waals surface area (Å²) in [7, 11) is 0. The number of ether oxygens (including phenoxy) is 1. The third-order valence-corrected chi connectivity index (χ3v) is 2.80. The minimum absolute atomic E-state index is 0.0843. The highest BCUT2D eigenvalue weighted by molar-refractivity contribution is 5.90. The zero-order valence-corrected chi connectivity index (χ0v) is 10.8. The molecule has 1 aliphatic rings. The maximum atomic E-state index is 12.1. The standard InChI is InChI=1S/C11H17F3N2O3/c1-7(2)9-10(18)16(4-3-8(17)15-9)5-6-19-11(12,13)14/h7,9H,3-6H2,1-2H3,(H,15,17). The van der Waals surface area contributed by atoms with E-state index in [0.29, 0.717) is 0 Å². The van der Waals surface area contributed by atoms with Crippen molar-refractivity contribution in [1.29, 1.82) is 0 Å². The second-order valence-electron chi connectivity index (χ2n) is 4.66. The highest BCUT2D eigenvalue weighted by Crippen LogP contribution is 2.16. The molecule has 0 aromatic carbocycles. The molecule has 1 atom stereocenters. The maximum Gasteiger partial charge on any atom is 0.522 e. The van der Waals surface area contributed by atoms with Crippen LogP contribution in [-0.4, -0.2) is 48.8 Å². The molecule has 0 radical (unpaired) electrons. The number of rotatable bonds is 4. The first kappa shape index (κ1) is 15.7. The molecule has 0 spiro atoms. The topological polar surface area (TPSA) is 58.6 Å². The summed E-state index contributed by atoms with van der Waals surface area (Å²) >= 11 is 0. The summed E-state index contributed by atoms with van der Waals surface area (Å²) in [6, 6.07) is -0.694. The number of alkyl halides is 3. The summed E-state index contributed by atoms with van der Waals surface area (Å²) in [4.78, 5) is 24.7. The van der Waals surface area contributed by atoms with E-state index in [1.54, 1.807) is 13.8 Å². The molecule has 8 heteroatoms. The molecule has 0 aliphatic carbocycles. The lowest BCUT2D eigenvalue weighted by atomic mass is 10.0. The minimum atomic E-state index is -4.71. The second-order valence-corrected chi connectivity index (χ2v) is 4.66. The van der Waals surface area contributed by atoms with Crippen molar-refractivity contribution in [2.24, 2.45) is 5.92 Å². The van der Waals surface area contributed by atoms with Crippen LogP contribution in [0.25, 0.3) is 0 Å². The van der Waals surface area contributed by atoms with E-state index in [1.807, 2.05) is 0 Å². The van der Waals surface area contributed by atoms with E-state index in [4.69, 9.17) is 0 Å². The maximum absolute atomic E-state index is 12.1. The second kappa shape index (κ2) is 6.23. The predicted octanol–water partition coefficient (Wildman–Crippen LogP) is 0.896. The first-order valence-electron chi connectivity index (χ1n) is 5.99. The zero-order chi connectivity index (χ0) is 14.6. The van der Waals surface area contributed by atoms with Crippen LogP contribution in [0.4, 0.5) is 13.2 Å². The third-order valence-electron chi connectivity index (χ3n) is 2.80. The van der Waals surface area contributed by atoms with Crippen LogP contribution in [0.1, 0.15) is 20.3 Å². The lowest BCUT2D eigenvalue weighted by molar-refractivity contribution is -0.324. The Labute approximate surface area is 109 Å². The van der Waals surface area contributed by atoms with Crippen LogP contribution in [0, 0.1) is 5.92 Å². The van der Waals surface area contributed by atoms with Crippen molar-refractivity contribution in [1.82, 2.24) is 10.2 Å². The summed E-state index contributed by atoms with van der Waals surface area (Å²) in [6.45, 7) is 2.82. The van der Waals surface area contributed by atoms with Crippen LogP contribution < -0.4 is 5.32 Å². The van der Waals surface area contributed by atoms with Crippen LogP contribution in [0.2, 0.25) is 0 Å². The van der Waals surface area contributed by atoms with Crippen LogP contribution in [-0.2, 0) is 14.3 Å². The van der Waals surface area contributed by atoms with Crippen LogP contribution in [0.3, 0.4) is 0 Å². The number of carbonyl (C=O) groups excluding carboxylic acids is 2. The van der Waals surface area contributed by atoms with Gasteiger partial charge >= 0.3 is 6.36 Å². The lowest BCUT2D eigenvalue weighted by Gasteiger charge is -2.26. The number of amides is 2. The van der Waals surface area contributed by atoms with E-state index in [0.717, 1.165) is 0 Å². The SMILES string of the molecule is CC(C)C1NC(=O)CCN(CCOC(F)(F)F)C1=O. The molecule has 1 saturated heterocycles. The molecule has 0 saturated carbocycles. The van der Waals surface area contributed by atoms with Crippen LogP contribution in [0.5, 0.6) is 0 Å². The van der Waals surface area contributed by atoms with Gasteiger partial charge in [0.15, 0.2) is 0 Å². The van der Waals surface area contributed by atoms with Gasteiger partial charge in [0.05, 0.1) is 6.61 Å². The quantitative estimate of drug-likeness (QED) is 0.833. The predicted molar refractivity (Wildman–Crippen MR) is 60.0 cm³/mol. The van der Waals surface area contributed by atoms with Gasteiger partial charge in [-0.15, -0.1) is 13.2 Å². The Balaban J connectivity index is 2.61. The molecule has 19 heavy (non-hydrogen) atoms. The minimum Gasteiger partial charge on any atom is -0.344 e. The number of nitrogens with one attached hydrogen (secondary N) is 1. The molecule has 2 amide bonds. The smallest absolute Gasteiger partial charge is 0.344 e. The Kier molecular flexibility index (Phi) is 5.16. The number of carbonyl (C=O) groups is 2. The fourth-order valence-corrected chi connectivity index (χ4v) is 1.80. The Bertz CT molecular complexity index is 345. The normalized spacial score (nSPS) is 21.6. The summed E-state index contributed by atoms with van der Waals surface area (Å²) < 4.78 is 39.2. The fraction of sp³-hybridized carbons (Fsp3) is 0.818. The van der Waals surface area contributed by atoms with Gasteiger partial charge in [-0.1, -0.05) is 13.8 Å². The molecule has 5 nitrogen and oxygen atoms in total. The van der Waals surface area contributed by atoms with Gasteiger partial charge in [-0.25, -0.2) is 0 Å². The average molecular weight is 282 g/mol. The molecule has 1 heterocycles. The Hall–Kier alpha value is -1.31. The van der Waals surface area contributed by atoms with E-state index < -0.39 is 19.0 Å². The van der Waals surface area contributed by atoms with Gasteiger partial charge in [0.25, 0.3) is 0 Å². The van der Waals surface area contributed by atoms with Crippen molar-refractivity contribution >= 4 is 11.8 Å². The molecule has 1 N–H and O–H groups in total. The number of hydrogen-bond donors (Lipinski definition) is 1. The Morgan fingerprint density at radius 3 is 2.58 bits per heavy atom. The molecule has 1 aliphatic heterocycles. The van der Waals surface area contributed by atoms with Gasteiger partial charge in [-0.3, -0.25) is 14.3 Å². The van der Waals surface area contributed by atoms with Gasteiger partial charge in [0.2, 0.25) is 11.8 Å². The highest BCUT2D eigenvalue weighted by Gasteiger charge is 2.33. The van der Waals surface area contributed by atoms with E-state index >= 15 is 0 Å². The van der Waals surface area contributed by atoms with Crippen molar-refractivity contribution in [3.8, 4) is 0 Å². The summed E-state index contributed by atoms with van der Waals surface area (Å²) in [5.41, 5.74) is 0. The fourth-order valence-electron chi connectivity index (χ4n) is 1.80. The molecule has 1 rings (SSSR count). The van der Waals surface area contributed by atoms with Gasteiger partial charge in [-0.05, 0) is 5.92 Å².